The Balaban J connectivity index is 1.69. The molecule has 0 radical (unpaired) electrons. The Hall–Kier alpha value is -2.89. The number of benzene rings is 1. The van der Waals surface area contributed by atoms with Gasteiger partial charge in [0.05, 0.1) is 18.0 Å². The van der Waals surface area contributed by atoms with Crippen LogP contribution in [0.1, 0.15) is 49.9 Å². The smallest absolute Gasteiger partial charge is 0.133 e. The summed E-state index contributed by atoms with van der Waals surface area (Å²) >= 11 is 0. The van der Waals surface area contributed by atoms with Gasteiger partial charge in [-0.15, -0.1) is 0 Å². The summed E-state index contributed by atoms with van der Waals surface area (Å²) in [5.74, 6) is 1.80. The van der Waals surface area contributed by atoms with Crippen LogP contribution in [-0.4, -0.2) is 47.5 Å². The lowest BCUT2D eigenvalue weighted by molar-refractivity contribution is 0.200. The van der Waals surface area contributed by atoms with E-state index in [1.54, 1.807) is 6.33 Å². The maximum atomic E-state index is 6.22. The maximum Gasteiger partial charge on any atom is 0.133 e. The van der Waals surface area contributed by atoms with Crippen LogP contribution < -0.4 is 15.0 Å². The highest BCUT2D eigenvalue weighted by Gasteiger charge is 2.40. The Bertz CT molecular complexity index is 964. The van der Waals surface area contributed by atoms with Gasteiger partial charge in [-0.25, -0.2) is 9.97 Å². The van der Waals surface area contributed by atoms with Crippen LogP contribution in [0.5, 0.6) is 5.75 Å². The molecule has 0 amide bonds. The van der Waals surface area contributed by atoms with Crippen LogP contribution >= 0.6 is 0 Å². The number of nitrogens with zero attached hydrogens (tertiary/aromatic N) is 4. The van der Waals surface area contributed by atoms with Crippen molar-refractivity contribution >= 4 is 11.5 Å². The first kappa shape index (κ1) is 20.4. The molecule has 1 saturated heterocycles. The summed E-state index contributed by atoms with van der Waals surface area (Å²) in [4.78, 5) is 16.3. The zero-order valence-electron chi connectivity index (χ0n) is 18.2. The van der Waals surface area contributed by atoms with Gasteiger partial charge in [-0.3, -0.25) is 4.99 Å². The first-order valence-corrected chi connectivity index (χ1v) is 10.8. The third-order valence-electron chi connectivity index (χ3n) is 5.63. The highest BCUT2D eigenvalue weighted by molar-refractivity contribution is 6.13. The predicted molar refractivity (Wildman–Crippen MR) is 122 cm³/mol. The highest BCUT2D eigenvalue weighted by Crippen LogP contribution is 2.40. The average Bonchev–Trinajstić information content (AvgIpc) is 3.47. The van der Waals surface area contributed by atoms with Gasteiger partial charge in [0.15, 0.2) is 0 Å². The fourth-order valence-corrected chi connectivity index (χ4v) is 3.59. The minimum atomic E-state index is -0.0139. The molecule has 2 aromatic rings. The van der Waals surface area contributed by atoms with Crippen molar-refractivity contribution in [3.05, 3.63) is 59.7 Å². The van der Waals surface area contributed by atoms with Crippen molar-refractivity contribution in [2.45, 2.75) is 45.6 Å². The van der Waals surface area contributed by atoms with Gasteiger partial charge in [0.2, 0.25) is 0 Å². The molecule has 6 nitrogen and oxygen atoms in total. The van der Waals surface area contributed by atoms with Crippen molar-refractivity contribution < 1.29 is 4.74 Å². The van der Waals surface area contributed by atoms with Gasteiger partial charge in [0.25, 0.3) is 0 Å². The summed E-state index contributed by atoms with van der Waals surface area (Å²) in [6, 6.07) is 8.32. The van der Waals surface area contributed by atoms with Crippen molar-refractivity contribution in [1.29, 1.82) is 0 Å². The number of rotatable bonds is 7. The Morgan fingerprint density at radius 3 is 2.87 bits per heavy atom. The molecule has 2 fully saturated rings. The van der Waals surface area contributed by atoms with E-state index < -0.39 is 0 Å². The Morgan fingerprint density at radius 2 is 2.13 bits per heavy atom. The average molecular weight is 406 g/mol. The highest BCUT2D eigenvalue weighted by atomic mass is 16.5. The second-order valence-electron chi connectivity index (χ2n) is 8.47. The van der Waals surface area contributed by atoms with E-state index in [9.17, 15) is 0 Å². The number of aromatic nitrogens is 2. The van der Waals surface area contributed by atoms with Gasteiger partial charge < -0.3 is 15.0 Å². The summed E-state index contributed by atoms with van der Waals surface area (Å²) in [6.45, 7) is 13.7. The van der Waals surface area contributed by atoms with Crippen molar-refractivity contribution in [3.8, 4) is 5.75 Å². The zero-order valence-corrected chi connectivity index (χ0v) is 18.2. The number of aryl methyl sites for hydroxylation is 1. The van der Waals surface area contributed by atoms with E-state index in [2.05, 4.69) is 65.7 Å². The van der Waals surface area contributed by atoms with Gasteiger partial charge in [0.1, 0.15) is 23.5 Å². The standard InChI is InChI=1S/C24H31N5O/c1-5-10-26-23(20-13-19(7-6-17(20)2)30-24(4)8-9-24)21-14-22(28-16-27-21)29-12-11-25-18(3)15-29/h6-7,13-14,16,25H,3,5,8-12,15H2,1-2,4H3. The topological polar surface area (TPSA) is 62.6 Å². The van der Waals surface area contributed by atoms with Crippen molar-refractivity contribution in [2.75, 3.05) is 31.1 Å². The number of aliphatic imine (C=N–C) groups is 1. The number of ether oxygens (including phenoxy) is 1. The molecule has 4 rings (SSSR count). The van der Waals surface area contributed by atoms with Gasteiger partial charge in [-0.2, -0.15) is 0 Å². The number of hydrogen-bond donors (Lipinski definition) is 1. The summed E-state index contributed by atoms with van der Waals surface area (Å²) in [7, 11) is 0. The molecule has 0 bridgehead atoms. The molecule has 30 heavy (non-hydrogen) atoms. The van der Waals surface area contributed by atoms with Crippen LogP contribution in [0.2, 0.25) is 0 Å². The third-order valence-corrected chi connectivity index (χ3v) is 5.63. The molecule has 158 valence electrons. The molecule has 0 atom stereocenters. The van der Waals surface area contributed by atoms with E-state index in [-0.39, 0.29) is 5.60 Å². The summed E-state index contributed by atoms with van der Waals surface area (Å²) in [6.07, 6.45) is 4.83. The zero-order chi connectivity index (χ0) is 21.1. The first-order valence-electron chi connectivity index (χ1n) is 10.8. The van der Waals surface area contributed by atoms with E-state index in [4.69, 9.17) is 9.73 Å². The molecule has 1 aromatic heterocycles. The van der Waals surface area contributed by atoms with Crippen molar-refractivity contribution in [3.63, 3.8) is 0 Å². The van der Waals surface area contributed by atoms with Gasteiger partial charge in [-0.1, -0.05) is 19.6 Å². The Morgan fingerprint density at radius 1 is 1.30 bits per heavy atom. The van der Waals surface area contributed by atoms with Gasteiger partial charge in [-0.05, 0) is 50.8 Å². The first-order chi connectivity index (χ1) is 14.5. The molecule has 1 saturated carbocycles. The molecule has 6 heteroatoms. The van der Waals surface area contributed by atoms with Crippen LogP contribution in [0.4, 0.5) is 5.82 Å². The molecule has 1 aromatic carbocycles. The number of anilines is 1. The van der Waals surface area contributed by atoms with E-state index >= 15 is 0 Å². The third kappa shape index (κ3) is 4.64. The molecular formula is C24H31N5O. The largest absolute Gasteiger partial charge is 0.488 e. The molecule has 2 aliphatic rings. The summed E-state index contributed by atoms with van der Waals surface area (Å²) in [5, 5.41) is 3.29. The fourth-order valence-electron chi connectivity index (χ4n) is 3.59. The van der Waals surface area contributed by atoms with Gasteiger partial charge in [0, 0.05) is 37.0 Å². The number of nitrogens with one attached hydrogen (secondary N) is 1. The fraction of sp³-hybridized carbons (Fsp3) is 0.458. The lowest BCUT2D eigenvalue weighted by Gasteiger charge is -2.30. The van der Waals surface area contributed by atoms with E-state index in [0.717, 1.165) is 85.2 Å². The molecule has 2 heterocycles. The molecule has 1 N–H and O–H groups in total. The normalized spacial score (nSPS) is 18.2. The second kappa shape index (κ2) is 8.46. The van der Waals surface area contributed by atoms with Crippen molar-refractivity contribution in [2.24, 2.45) is 4.99 Å². The lowest BCUT2D eigenvalue weighted by Crippen LogP contribution is -2.42. The number of hydrogen-bond acceptors (Lipinski definition) is 6. The molecule has 1 aliphatic carbocycles. The van der Waals surface area contributed by atoms with Crippen LogP contribution in [0.3, 0.4) is 0 Å². The van der Waals surface area contributed by atoms with Gasteiger partial charge >= 0.3 is 0 Å². The molecule has 0 spiro atoms. The maximum absolute atomic E-state index is 6.22. The van der Waals surface area contributed by atoms with E-state index in [1.807, 2.05) is 6.07 Å². The monoisotopic (exact) mass is 405 g/mol. The number of piperazine rings is 1. The van der Waals surface area contributed by atoms with E-state index in [0.29, 0.717) is 0 Å². The summed E-state index contributed by atoms with van der Waals surface area (Å²) in [5.41, 5.74) is 4.97. The minimum Gasteiger partial charge on any atom is -0.488 e. The molecule has 1 aliphatic heterocycles. The van der Waals surface area contributed by atoms with Crippen molar-refractivity contribution in [1.82, 2.24) is 15.3 Å². The summed E-state index contributed by atoms with van der Waals surface area (Å²) < 4.78 is 6.22. The second-order valence-corrected chi connectivity index (χ2v) is 8.47. The van der Waals surface area contributed by atoms with Crippen LogP contribution in [0.15, 0.2) is 47.9 Å². The molecule has 0 unspecified atom stereocenters. The molecular weight excluding hydrogens is 374 g/mol. The SMILES string of the molecule is C=C1CN(c2cc(C(=NCCC)c3cc(OC4(C)CC4)ccc3C)ncn2)CCN1. The van der Waals surface area contributed by atoms with E-state index in [1.165, 1.54) is 0 Å². The Labute approximate surface area is 179 Å². The minimum absolute atomic E-state index is 0.0139. The quantitative estimate of drug-likeness (QED) is 0.708. The predicted octanol–water partition coefficient (Wildman–Crippen LogP) is 3.89. The van der Waals surface area contributed by atoms with Crippen LogP contribution in [0, 0.1) is 6.92 Å². The Kier molecular flexibility index (Phi) is 5.75. The van der Waals surface area contributed by atoms with Crippen LogP contribution in [-0.2, 0) is 0 Å². The van der Waals surface area contributed by atoms with Crippen LogP contribution in [0.25, 0.3) is 0 Å². The lowest BCUT2D eigenvalue weighted by atomic mass is 10.0.